The zero-order chi connectivity index (χ0) is 13.0. The lowest BCUT2D eigenvalue weighted by atomic mass is 10.0. The highest BCUT2D eigenvalue weighted by molar-refractivity contribution is 5.53. The third-order valence-electron chi connectivity index (χ3n) is 2.39. The quantitative estimate of drug-likeness (QED) is 0.587. The van der Waals surface area contributed by atoms with Crippen molar-refractivity contribution < 1.29 is 9.85 Å². The smallest absolute Gasteiger partial charge is 0.258 e. The maximum atomic E-state index is 10.7. The van der Waals surface area contributed by atoms with Crippen molar-refractivity contribution in [2.45, 2.75) is 19.8 Å². The summed E-state index contributed by atoms with van der Waals surface area (Å²) in [6.07, 6.45) is 0.435. The van der Waals surface area contributed by atoms with Crippen LogP contribution in [0, 0.1) is 38.5 Å². The molecule has 0 aliphatic rings. The molecule has 0 saturated heterocycles. The standard InChI is InChI=1S/C10H9N3O4/c1-7-8(3-2-4-11)5-9(12(14)15)6-10(7)13(16)17/h5-6H,2-3H2,1H3. The molecule has 0 aromatic heterocycles. The molecule has 0 unspecified atom stereocenters. The number of hydrogen-bond donors (Lipinski definition) is 0. The Morgan fingerprint density at radius 3 is 2.41 bits per heavy atom. The molecule has 0 heterocycles. The topological polar surface area (TPSA) is 110 Å². The van der Waals surface area contributed by atoms with Gasteiger partial charge in [0.25, 0.3) is 11.4 Å². The fourth-order valence-corrected chi connectivity index (χ4v) is 1.49. The van der Waals surface area contributed by atoms with E-state index >= 15 is 0 Å². The Morgan fingerprint density at radius 1 is 1.29 bits per heavy atom. The van der Waals surface area contributed by atoms with Crippen LogP contribution in [0.4, 0.5) is 11.4 Å². The molecule has 0 spiro atoms. The molecule has 0 aliphatic heterocycles. The van der Waals surface area contributed by atoms with Crippen molar-refractivity contribution in [1.29, 1.82) is 5.26 Å². The summed E-state index contributed by atoms with van der Waals surface area (Å²) in [6.45, 7) is 1.52. The van der Waals surface area contributed by atoms with E-state index in [0.29, 0.717) is 11.1 Å². The number of hydrogen-bond acceptors (Lipinski definition) is 5. The highest BCUT2D eigenvalue weighted by Crippen LogP contribution is 2.28. The van der Waals surface area contributed by atoms with Gasteiger partial charge in [-0.25, -0.2) is 0 Å². The molecule has 0 bridgehead atoms. The van der Waals surface area contributed by atoms with Crippen LogP contribution in [0.3, 0.4) is 0 Å². The molecule has 0 fully saturated rings. The second-order valence-electron chi connectivity index (χ2n) is 3.42. The van der Waals surface area contributed by atoms with Gasteiger partial charge in [-0.3, -0.25) is 20.2 Å². The second-order valence-corrected chi connectivity index (χ2v) is 3.42. The Labute approximate surface area is 96.6 Å². The monoisotopic (exact) mass is 235 g/mol. The molecule has 0 amide bonds. The van der Waals surface area contributed by atoms with Gasteiger partial charge < -0.3 is 0 Å². The summed E-state index contributed by atoms with van der Waals surface area (Å²) in [6, 6.07) is 4.11. The number of rotatable bonds is 4. The first-order valence-corrected chi connectivity index (χ1v) is 4.76. The van der Waals surface area contributed by atoms with Gasteiger partial charge in [0.05, 0.1) is 22.0 Å². The number of nitro groups is 2. The van der Waals surface area contributed by atoms with Crippen LogP contribution < -0.4 is 0 Å². The van der Waals surface area contributed by atoms with Gasteiger partial charge in [-0.05, 0) is 18.9 Å². The number of aryl methyl sites for hydroxylation is 1. The zero-order valence-electron chi connectivity index (χ0n) is 9.04. The van der Waals surface area contributed by atoms with E-state index in [2.05, 4.69) is 0 Å². The van der Waals surface area contributed by atoms with Crippen LogP contribution in [0.1, 0.15) is 17.5 Å². The minimum Gasteiger partial charge on any atom is -0.258 e. The molecule has 0 N–H and O–H groups in total. The van der Waals surface area contributed by atoms with E-state index in [9.17, 15) is 20.2 Å². The van der Waals surface area contributed by atoms with Gasteiger partial charge in [0, 0.05) is 18.1 Å². The first kappa shape index (κ1) is 12.6. The van der Waals surface area contributed by atoms with Crippen LogP contribution in [0.15, 0.2) is 12.1 Å². The summed E-state index contributed by atoms with van der Waals surface area (Å²) in [5.41, 5.74) is 0.227. The van der Waals surface area contributed by atoms with Gasteiger partial charge in [-0.1, -0.05) is 0 Å². The Bertz CT molecular complexity index is 519. The Hall–Kier alpha value is -2.49. The average molecular weight is 235 g/mol. The van der Waals surface area contributed by atoms with E-state index < -0.39 is 9.85 Å². The minimum atomic E-state index is -0.678. The van der Waals surface area contributed by atoms with E-state index in [0.717, 1.165) is 6.07 Å². The maximum absolute atomic E-state index is 10.7. The van der Waals surface area contributed by atoms with Crippen molar-refractivity contribution >= 4 is 11.4 Å². The second kappa shape index (κ2) is 5.03. The van der Waals surface area contributed by atoms with Crippen molar-refractivity contribution in [2.24, 2.45) is 0 Å². The fourth-order valence-electron chi connectivity index (χ4n) is 1.49. The molecule has 0 atom stereocenters. The first-order valence-electron chi connectivity index (χ1n) is 4.76. The van der Waals surface area contributed by atoms with Gasteiger partial charge in [0.2, 0.25) is 0 Å². The van der Waals surface area contributed by atoms with E-state index in [1.807, 2.05) is 6.07 Å². The summed E-state index contributed by atoms with van der Waals surface area (Å²) >= 11 is 0. The van der Waals surface area contributed by atoms with Gasteiger partial charge in [0.1, 0.15) is 0 Å². The third-order valence-corrected chi connectivity index (χ3v) is 2.39. The Kier molecular flexibility index (Phi) is 3.72. The molecule has 0 radical (unpaired) electrons. The van der Waals surface area contributed by atoms with E-state index in [1.54, 1.807) is 0 Å². The molecule has 7 nitrogen and oxygen atoms in total. The number of nitrogens with zero attached hydrogens (tertiary/aromatic N) is 3. The highest BCUT2D eigenvalue weighted by atomic mass is 16.6. The van der Waals surface area contributed by atoms with Crippen molar-refractivity contribution in [2.75, 3.05) is 0 Å². The number of benzene rings is 1. The molecule has 0 aliphatic carbocycles. The van der Waals surface area contributed by atoms with Gasteiger partial charge in [-0.15, -0.1) is 0 Å². The lowest BCUT2D eigenvalue weighted by Crippen LogP contribution is -2.00. The summed E-state index contributed by atoms with van der Waals surface area (Å²) in [7, 11) is 0. The number of nitriles is 1. The summed E-state index contributed by atoms with van der Waals surface area (Å²) < 4.78 is 0. The summed E-state index contributed by atoms with van der Waals surface area (Å²) in [5, 5.41) is 29.8. The average Bonchev–Trinajstić information content (AvgIpc) is 2.26. The fraction of sp³-hybridized carbons (Fsp3) is 0.300. The van der Waals surface area contributed by atoms with Crippen LogP contribution in [-0.2, 0) is 6.42 Å². The molecular formula is C10H9N3O4. The van der Waals surface area contributed by atoms with Crippen molar-refractivity contribution in [1.82, 2.24) is 0 Å². The minimum absolute atomic E-state index is 0.166. The van der Waals surface area contributed by atoms with E-state index in [-0.39, 0.29) is 24.2 Å². The van der Waals surface area contributed by atoms with E-state index in [4.69, 9.17) is 5.26 Å². The van der Waals surface area contributed by atoms with Gasteiger partial charge in [0.15, 0.2) is 0 Å². The Balaban J connectivity index is 3.33. The molecule has 88 valence electrons. The Morgan fingerprint density at radius 2 is 1.94 bits per heavy atom. The lowest BCUT2D eigenvalue weighted by Gasteiger charge is -2.04. The van der Waals surface area contributed by atoms with Crippen LogP contribution in [0.5, 0.6) is 0 Å². The lowest BCUT2D eigenvalue weighted by molar-refractivity contribution is -0.394. The molecule has 17 heavy (non-hydrogen) atoms. The van der Waals surface area contributed by atoms with E-state index in [1.165, 1.54) is 13.0 Å². The molecule has 1 aromatic rings. The molecule has 7 heteroatoms. The predicted molar refractivity (Wildman–Crippen MR) is 58.4 cm³/mol. The normalized spacial score (nSPS) is 9.65. The van der Waals surface area contributed by atoms with Crippen molar-refractivity contribution in [3.63, 3.8) is 0 Å². The number of non-ortho nitro benzene ring substituents is 1. The van der Waals surface area contributed by atoms with Crippen LogP contribution in [-0.4, -0.2) is 9.85 Å². The largest absolute Gasteiger partial charge is 0.279 e. The van der Waals surface area contributed by atoms with Crippen molar-refractivity contribution in [3.05, 3.63) is 43.5 Å². The zero-order valence-corrected chi connectivity index (χ0v) is 9.04. The predicted octanol–water partition coefficient (Wildman–Crippen LogP) is 2.27. The highest BCUT2D eigenvalue weighted by Gasteiger charge is 2.20. The molecule has 1 aromatic carbocycles. The first-order chi connectivity index (χ1) is 7.97. The summed E-state index contributed by atoms with van der Waals surface area (Å²) in [5.74, 6) is 0. The maximum Gasteiger partial charge on any atom is 0.279 e. The van der Waals surface area contributed by atoms with Crippen LogP contribution in [0.2, 0.25) is 0 Å². The van der Waals surface area contributed by atoms with Gasteiger partial charge >= 0.3 is 0 Å². The van der Waals surface area contributed by atoms with Crippen molar-refractivity contribution in [3.8, 4) is 6.07 Å². The van der Waals surface area contributed by atoms with Crippen LogP contribution >= 0.6 is 0 Å². The third kappa shape index (κ3) is 2.75. The molecule has 1 rings (SSSR count). The number of nitro benzene ring substituents is 2. The SMILES string of the molecule is Cc1c(CCC#N)cc([N+](=O)[O-])cc1[N+](=O)[O-]. The molecule has 0 saturated carbocycles. The van der Waals surface area contributed by atoms with Gasteiger partial charge in [-0.2, -0.15) is 5.26 Å². The van der Waals surface area contributed by atoms with Crippen LogP contribution in [0.25, 0.3) is 0 Å². The summed E-state index contributed by atoms with van der Waals surface area (Å²) in [4.78, 5) is 20.0. The molecular weight excluding hydrogens is 226 g/mol.